The van der Waals surface area contributed by atoms with E-state index in [0.717, 1.165) is 17.3 Å². The first-order valence-corrected chi connectivity index (χ1v) is 12.5. The summed E-state index contributed by atoms with van der Waals surface area (Å²) in [6.07, 6.45) is 2.02. The summed E-state index contributed by atoms with van der Waals surface area (Å²) in [5.74, 6) is -5.15. The highest BCUT2D eigenvalue weighted by Gasteiger charge is 2.32. The maximum absolute atomic E-state index is 13.3. The van der Waals surface area contributed by atoms with Crippen molar-refractivity contribution in [1.29, 1.82) is 0 Å². The molecule has 14 heteroatoms. The van der Waals surface area contributed by atoms with Crippen molar-refractivity contribution in [3.05, 3.63) is 36.0 Å². The van der Waals surface area contributed by atoms with Gasteiger partial charge in [0.15, 0.2) is 0 Å². The number of benzene rings is 1. The fourth-order valence-electron chi connectivity index (χ4n) is 4.41. The van der Waals surface area contributed by atoms with Crippen LogP contribution in [0.3, 0.4) is 0 Å². The number of aliphatic carboxylic acids is 1. The number of carbonyl (C=O) groups is 6. The molecular weight excluding hydrogens is 510 g/mol. The minimum Gasteiger partial charge on any atom is -0.480 e. The van der Waals surface area contributed by atoms with Crippen molar-refractivity contribution in [1.82, 2.24) is 26.3 Å². The monoisotopic (exact) mass is 543 g/mol. The molecule has 1 fully saturated rings. The van der Waals surface area contributed by atoms with E-state index in [1.807, 2.05) is 18.2 Å². The number of carboxylic acid groups (broad SMARTS) is 1. The largest absolute Gasteiger partial charge is 0.480 e. The SMILES string of the molecule is NC(=O)CCC(NC(=O)C1CCCN1)C(=O)NC(Cc1c[nH]c2ccccc12)C(=O)NC(CC(N)=O)C(=O)O. The van der Waals surface area contributed by atoms with E-state index >= 15 is 0 Å². The first-order valence-electron chi connectivity index (χ1n) is 12.5. The summed E-state index contributed by atoms with van der Waals surface area (Å²) in [4.78, 5) is 76.7. The van der Waals surface area contributed by atoms with E-state index in [1.165, 1.54) is 0 Å². The molecule has 39 heavy (non-hydrogen) atoms. The van der Waals surface area contributed by atoms with Gasteiger partial charge in [-0.1, -0.05) is 18.2 Å². The van der Waals surface area contributed by atoms with Crippen LogP contribution in [0.2, 0.25) is 0 Å². The van der Waals surface area contributed by atoms with Gasteiger partial charge in [0.2, 0.25) is 29.5 Å². The molecule has 5 amide bonds. The van der Waals surface area contributed by atoms with Crippen LogP contribution in [0.4, 0.5) is 0 Å². The molecular formula is C25H33N7O7. The first kappa shape index (κ1) is 29.1. The molecule has 4 atom stereocenters. The molecule has 4 unspecified atom stereocenters. The summed E-state index contributed by atoms with van der Waals surface area (Å²) in [7, 11) is 0. The standard InChI is InChI=1S/C25H33N7O7/c26-20(33)8-7-17(30-22(35)16-6-3-9-28-16)23(36)31-18(24(37)32-19(25(38)39)11-21(27)34)10-13-12-29-15-5-2-1-4-14(13)15/h1-2,4-5,12,16-19,28-29H,3,6-11H2,(H2,26,33)(H2,27,34)(H,30,35)(H,31,36)(H,32,37)(H,38,39). The molecule has 10 N–H and O–H groups in total. The van der Waals surface area contributed by atoms with Crippen molar-refractivity contribution in [2.75, 3.05) is 6.54 Å². The topological polar surface area (TPSA) is 239 Å². The van der Waals surface area contributed by atoms with Crippen LogP contribution < -0.4 is 32.7 Å². The summed E-state index contributed by atoms with van der Waals surface area (Å²) in [6.45, 7) is 0.652. The number of amides is 5. The third-order valence-electron chi connectivity index (χ3n) is 6.44. The smallest absolute Gasteiger partial charge is 0.326 e. The number of nitrogens with two attached hydrogens (primary N) is 2. The lowest BCUT2D eigenvalue weighted by molar-refractivity contribution is -0.143. The molecule has 14 nitrogen and oxygen atoms in total. The molecule has 0 bridgehead atoms. The number of hydrogen-bond donors (Lipinski definition) is 8. The van der Waals surface area contributed by atoms with Crippen molar-refractivity contribution < 1.29 is 33.9 Å². The number of rotatable bonds is 14. The maximum atomic E-state index is 13.3. The molecule has 2 heterocycles. The Morgan fingerprint density at radius 3 is 2.28 bits per heavy atom. The summed E-state index contributed by atoms with van der Waals surface area (Å²) in [6, 6.07) is 2.66. The van der Waals surface area contributed by atoms with Crippen LogP contribution in [0.1, 0.15) is 37.7 Å². The van der Waals surface area contributed by atoms with E-state index in [0.29, 0.717) is 18.5 Å². The predicted molar refractivity (Wildman–Crippen MR) is 139 cm³/mol. The average molecular weight is 544 g/mol. The Balaban J connectivity index is 1.84. The van der Waals surface area contributed by atoms with Gasteiger partial charge >= 0.3 is 5.97 Å². The lowest BCUT2D eigenvalue weighted by Gasteiger charge is -2.25. The van der Waals surface area contributed by atoms with E-state index in [4.69, 9.17) is 11.5 Å². The second-order valence-electron chi connectivity index (χ2n) is 9.41. The van der Waals surface area contributed by atoms with Crippen molar-refractivity contribution in [2.24, 2.45) is 11.5 Å². The Hall–Kier alpha value is -4.46. The Labute approximate surface area is 223 Å². The second kappa shape index (κ2) is 13.4. The summed E-state index contributed by atoms with van der Waals surface area (Å²) < 4.78 is 0. The van der Waals surface area contributed by atoms with E-state index in [2.05, 4.69) is 26.3 Å². The van der Waals surface area contributed by atoms with E-state index < -0.39 is 66.1 Å². The normalized spacial score (nSPS) is 17.1. The van der Waals surface area contributed by atoms with Crippen molar-refractivity contribution in [3.63, 3.8) is 0 Å². The molecule has 1 aromatic carbocycles. The molecule has 1 aromatic heterocycles. The molecule has 0 radical (unpaired) electrons. The molecule has 3 rings (SSSR count). The summed E-state index contributed by atoms with van der Waals surface area (Å²) >= 11 is 0. The molecule has 2 aromatic rings. The highest BCUT2D eigenvalue weighted by atomic mass is 16.4. The second-order valence-corrected chi connectivity index (χ2v) is 9.41. The van der Waals surface area contributed by atoms with Gasteiger partial charge in [-0.05, 0) is 37.4 Å². The van der Waals surface area contributed by atoms with Crippen LogP contribution in [0.15, 0.2) is 30.5 Å². The van der Waals surface area contributed by atoms with Gasteiger partial charge in [-0.15, -0.1) is 0 Å². The number of carbonyl (C=O) groups excluding carboxylic acids is 5. The van der Waals surface area contributed by atoms with Crippen LogP contribution in [-0.2, 0) is 35.2 Å². The number of carboxylic acids is 1. The highest BCUT2D eigenvalue weighted by Crippen LogP contribution is 2.19. The van der Waals surface area contributed by atoms with Crippen LogP contribution in [0.5, 0.6) is 0 Å². The number of primary amides is 2. The zero-order valence-electron chi connectivity index (χ0n) is 21.2. The number of aromatic amines is 1. The van der Waals surface area contributed by atoms with Gasteiger partial charge in [0.1, 0.15) is 18.1 Å². The quantitative estimate of drug-likeness (QED) is 0.134. The Morgan fingerprint density at radius 1 is 0.949 bits per heavy atom. The van der Waals surface area contributed by atoms with Gasteiger partial charge in [-0.3, -0.25) is 24.0 Å². The van der Waals surface area contributed by atoms with Crippen LogP contribution >= 0.6 is 0 Å². The number of hydrogen-bond acceptors (Lipinski definition) is 7. The van der Waals surface area contributed by atoms with Crippen LogP contribution in [-0.4, -0.2) is 76.3 Å². The fraction of sp³-hybridized carbons (Fsp3) is 0.440. The molecule has 0 saturated carbocycles. The molecule has 0 spiro atoms. The van der Waals surface area contributed by atoms with Gasteiger partial charge < -0.3 is 42.8 Å². The summed E-state index contributed by atoms with van der Waals surface area (Å²) in [5, 5.41) is 20.7. The van der Waals surface area contributed by atoms with E-state index in [1.54, 1.807) is 12.3 Å². The van der Waals surface area contributed by atoms with E-state index in [-0.39, 0.29) is 19.3 Å². The zero-order valence-corrected chi connectivity index (χ0v) is 21.2. The summed E-state index contributed by atoms with van der Waals surface area (Å²) in [5.41, 5.74) is 11.8. The number of nitrogens with one attached hydrogen (secondary N) is 5. The zero-order chi connectivity index (χ0) is 28.5. The van der Waals surface area contributed by atoms with Gasteiger partial charge in [-0.2, -0.15) is 0 Å². The molecule has 1 aliphatic heterocycles. The van der Waals surface area contributed by atoms with Gasteiger partial charge in [0.05, 0.1) is 12.5 Å². The van der Waals surface area contributed by atoms with Crippen molar-refractivity contribution in [2.45, 2.75) is 62.7 Å². The first-order chi connectivity index (χ1) is 18.5. The maximum Gasteiger partial charge on any atom is 0.326 e. The third-order valence-corrected chi connectivity index (χ3v) is 6.44. The lowest BCUT2D eigenvalue weighted by Crippen LogP contribution is -2.58. The Morgan fingerprint density at radius 2 is 1.64 bits per heavy atom. The molecule has 0 aliphatic carbocycles. The molecule has 1 saturated heterocycles. The number of fused-ring (bicyclic) bond motifs is 1. The third kappa shape index (κ3) is 8.26. The number of para-hydroxylation sites is 1. The molecule has 1 aliphatic rings. The van der Waals surface area contributed by atoms with Crippen LogP contribution in [0, 0.1) is 0 Å². The average Bonchev–Trinajstić information content (AvgIpc) is 3.56. The van der Waals surface area contributed by atoms with Crippen LogP contribution in [0.25, 0.3) is 10.9 Å². The minimum absolute atomic E-state index is 0.0504. The van der Waals surface area contributed by atoms with Gasteiger partial charge in [0.25, 0.3) is 0 Å². The predicted octanol–water partition coefficient (Wildman–Crippen LogP) is -1.86. The lowest BCUT2D eigenvalue weighted by atomic mass is 10.0. The van der Waals surface area contributed by atoms with Crippen molar-refractivity contribution in [3.8, 4) is 0 Å². The number of aromatic nitrogens is 1. The Kier molecular flexibility index (Phi) is 9.98. The van der Waals surface area contributed by atoms with Gasteiger partial charge in [0, 0.05) is 29.9 Å². The highest BCUT2D eigenvalue weighted by molar-refractivity contribution is 5.96. The number of H-pyrrole nitrogens is 1. The Bertz CT molecular complexity index is 1240. The fourth-order valence-corrected chi connectivity index (χ4v) is 4.41. The van der Waals surface area contributed by atoms with Gasteiger partial charge in [-0.25, -0.2) is 4.79 Å². The van der Waals surface area contributed by atoms with Crippen molar-refractivity contribution >= 4 is 46.4 Å². The minimum atomic E-state index is -1.61. The molecule has 210 valence electrons. The van der Waals surface area contributed by atoms with E-state index in [9.17, 15) is 33.9 Å².